The van der Waals surface area contributed by atoms with Crippen LogP contribution in [0.4, 0.5) is 0 Å². The molecule has 76 valence electrons. The Hall–Kier alpha value is -0.530. The molecule has 1 aliphatic carbocycles. The third kappa shape index (κ3) is 3.02. The SMILES string of the molecule is CCCC[C@H](C(=O)O)C1CCCC1. The topological polar surface area (TPSA) is 37.3 Å². The monoisotopic (exact) mass is 184 g/mol. The smallest absolute Gasteiger partial charge is 0.306 e. The van der Waals surface area contributed by atoms with Crippen LogP contribution in [-0.4, -0.2) is 11.1 Å². The van der Waals surface area contributed by atoms with Crippen LogP contribution in [0.2, 0.25) is 0 Å². The second kappa shape index (κ2) is 5.25. The second-order valence-electron chi connectivity index (χ2n) is 4.13. The molecule has 1 fully saturated rings. The van der Waals surface area contributed by atoms with Crippen molar-refractivity contribution in [1.82, 2.24) is 0 Å². The maximum absolute atomic E-state index is 11.0. The van der Waals surface area contributed by atoms with Crippen LogP contribution in [0, 0.1) is 11.8 Å². The first-order valence-corrected chi connectivity index (χ1v) is 5.48. The normalized spacial score (nSPS) is 20.4. The lowest BCUT2D eigenvalue weighted by atomic mass is 9.87. The maximum Gasteiger partial charge on any atom is 0.306 e. The van der Waals surface area contributed by atoms with Gasteiger partial charge in [0.25, 0.3) is 0 Å². The molecular formula is C11H20O2. The van der Waals surface area contributed by atoms with Crippen LogP contribution < -0.4 is 0 Å². The summed E-state index contributed by atoms with van der Waals surface area (Å²) in [5, 5.41) is 9.06. The summed E-state index contributed by atoms with van der Waals surface area (Å²) in [6, 6.07) is 0. The fraction of sp³-hybridized carbons (Fsp3) is 0.909. The molecule has 1 N–H and O–H groups in total. The van der Waals surface area contributed by atoms with E-state index in [0.29, 0.717) is 5.92 Å². The first-order chi connectivity index (χ1) is 6.25. The Bertz CT molecular complexity index is 159. The maximum atomic E-state index is 11.0. The predicted molar refractivity (Wildman–Crippen MR) is 52.6 cm³/mol. The third-order valence-electron chi connectivity index (χ3n) is 3.15. The second-order valence-corrected chi connectivity index (χ2v) is 4.13. The summed E-state index contributed by atoms with van der Waals surface area (Å²) < 4.78 is 0. The standard InChI is InChI=1S/C11H20O2/c1-2-3-8-10(11(12)13)9-6-4-5-7-9/h9-10H,2-8H2,1H3,(H,12,13)/t10-/m0/s1. The number of unbranched alkanes of at least 4 members (excludes halogenated alkanes) is 1. The predicted octanol–water partition coefficient (Wildman–Crippen LogP) is 3.07. The number of carboxylic acids is 1. The van der Waals surface area contributed by atoms with Gasteiger partial charge >= 0.3 is 5.97 Å². The largest absolute Gasteiger partial charge is 0.481 e. The van der Waals surface area contributed by atoms with Gasteiger partial charge in [-0.3, -0.25) is 4.79 Å². The molecule has 2 heteroatoms. The summed E-state index contributed by atoms with van der Waals surface area (Å²) in [6.07, 6.45) is 7.81. The Morgan fingerprint density at radius 2 is 2.08 bits per heavy atom. The molecule has 0 radical (unpaired) electrons. The van der Waals surface area contributed by atoms with Gasteiger partial charge < -0.3 is 5.11 Å². The molecule has 0 unspecified atom stereocenters. The van der Waals surface area contributed by atoms with Gasteiger partial charge in [-0.15, -0.1) is 0 Å². The minimum atomic E-state index is -0.569. The van der Waals surface area contributed by atoms with Gasteiger partial charge in [0, 0.05) is 0 Å². The van der Waals surface area contributed by atoms with Crippen LogP contribution in [0.5, 0.6) is 0 Å². The Morgan fingerprint density at radius 3 is 2.54 bits per heavy atom. The molecule has 0 aliphatic heterocycles. The Kier molecular flexibility index (Phi) is 4.26. The average Bonchev–Trinajstić information content (AvgIpc) is 2.57. The molecule has 1 aliphatic rings. The summed E-state index contributed by atoms with van der Waals surface area (Å²) in [5.74, 6) is -0.146. The van der Waals surface area contributed by atoms with Gasteiger partial charge in [-0.05, 0) is 25.2 Å². The number of aliphatic carboxylic acids is 1. The zero-order valence-electron chi connectivity index (χ0n) is 8.46. The van der Waals surface area contributed by atoms with Crippen molar-refractivity contribution in [2.45, 2.75) is 51.9 Å². The molecule has 0 heterocycles. The lowest BCUT2D eigenvalue weighted by molar-refractivity contribution is -0.144. The van der Waals surface area contributed by atoms with Crippen molar-refractivity contribution in [1.29, 1.82) is 0 Å². The highest BCUT2D eigenvalue weighted by molar-refractivity contribution is 5.70. The first kappa shape index (κ1) is 10.6. The van der Waals surface area contributed by atoms with Crippen molar-refractivity contribution >= 4 is 5.97 Å². The Labute approximate surface area is 80.3 Å². The van der Waals surface area contributed by atoms with Gasteiger partial charge in [-0.25, -0.2) is 0 Å². The van der Waals surface area contributed by atoms with Crippen molar-refractivity contribution in [3.05, 3.63) is 0 Å². The lowest BCUT2D eigenvalue weighted by Crippen LogP contribution is -2.21. The molecule has 0 amide bonds. The Morgan fingerprint density at radius 1 is 1.46 bits per heavy atom. The van der Waals surface area contributed by atoms with Crippen molar-refractivity contribution in [3.8, 4) is 0 Å². The molecule has 2 nitrogen and oxygen atoms in total. The van der Waals surface area contributed by atoms with Gasteiger partial charge in [0.1, 0.15) is 0 Å². The molecular weight excluding hydrogens is 164 g/mol. The summed E-state index contributed by atoms with van der Waals surface area (Å²) >= 11 is 0. The molecule has 0 aromatic rings. The molecule has 0 spiro atoms. The molecule has 1 saturated carbocycles. The summed E-state index contributed by atoms with van der Waals surface area (Å²) in [7, 11) is 0. The summed E-state index contributed by atoms with van der Waals surface area (Å²) in [6.45, 7) is 2.12. The zero-order chi connectivity index (χ0) is 9.68. The molecule has 0 aromatic heterocycles. The van der Waals surface area contributed by atoms with E-state index in [0.717, 1.165) is 32.1 Å². The van der Waals surface area contributed by atoms with E-state index in [9.17, 15) is 4.79 Å². The van der Waals surface area contributed by atoms with Crippen molar-refractivity contribution < 1.29 is 9.90 Å². The van der Waals surface area contributed by atoms with E-state index < -0.39 is 5.97 Å². The van der Waals surface area contributed by atoms with E-state index in [4.69, 9.17) is 5.11 Å². The minimum absolute atomic E-state index is 0.0533. The number of hydrogen-bond donors (Lipinski definition) is 1. The van der Waals surface area contributed by atoms with E-state index in [1.165, 1.54) is 12.8 Å². The van der Waals surface area contributed by atoms with Gasteiger partial charge in [0.2, 0.25) is 0 Å². The van der Waals surface area contributed by atoms with E-state index in [2.05, 4.69) is 6.92 Å². The van der Waals surface area contributed by atoms with Gasteiger partial charge in [-0.2, -0.15) is 0 Å². The van der Waals surface area contributed by atoms with Crippen LogP contribution in [0.15, 0.2) is 0 Å². The van der Waals surface area contributed by atoms with Crippen molar-refractivity contribution in [2.75, 3.05) is 0 Å². The first-order valence-electron chi connectivity index (χ1n) is 5.48. The number of hydrogen-bond acceptors (Lipinski definition) is 1. The zero-order valence-corrected chi connectivity index (χ0v) is 8.46. The van der Waals surface area contributed by atoms with Crippen LogP contribution in [0.25, 0.3) is 0 Å². The average molecular weight is 184 g/mol. The van der Waals surface area contributed by atoms with Crippen LogP contribution >= 0.6 is 0 Å². The number of carbonyl (C=O) groups is 1. The van der Waals surface area contributed by atoms with Crippen LogP contribution in [0.1, 0.15) is 51.9 Å². The molecule has 1 atom stereocenters. The molecule has 1 rings (SSSR count). The minimum Gasteiger partial charge on any atom is -0.481 e. The van der Waals surface area contributed by atoms with Gasteiger partial charge in [0.05, 0.1) is 5.92 Å². The highest BCUT2D eigenvalue weighted by atomic mass is 16.4. The van der Waals surface area contributed by atoms with E-state index >= 15 is 0 Å². The highest BCUT2D eigenvalue weighted by Gasteiger charge is 2.29. The fourth-order valence-electron chi connectivity index (χ4n) is 2.34. The molecule has 13 heavy (non-hydrogen) atoms. The Balaban J connectivity index is 2.40. The quantitative estimate of drug-likeness (QED) is 0.713. The summed E-state index contributed by atoms with van der Waals surface area (Å²) in [4.78, 5) is 11.0. The van der Waals surface area contributed by atoms with E-state index in [-0.39, 0.29) is 5.92 Å². The number of rotatable bonds is 5. The highest BCUT2D eigenvalue weighted by Crippen LogP contribution is 2.34. The molecule has 0 saturated heterocycles. The van der Waals surface area contributed by atoms with E-state index in [1.54, 1.807) is 0 Å². The van der Waals surface area contributed by atoms with Crippen molar-refractivity contribution in [3.63, 3.8) is 0 Å². The number of carboxylic acid groups (broad SMARTS) is 1. The fourth-order valence-corrected chi connectivity index (χ4v) is 2.34. The van der Waals surface area contributed by atoms with Gasteiger partial charge in [0.15, 0.2) is 0 Å². The molecule has 0 bridgehead atoms. The third-order valence-corrected chi connectivity index (χ3v) is 3.15. The molecule has 0 aromatic carbocycles. The van der Waals surface area contributed by atoms with Gasteiger partial charge in [-0.1, -0.05) is 32.6 Å². The van der Waals surface area contributed by atoms with Crippen LogP contribution in [-0.2, 0) is 4.79 Å². The van der Waals surface area contributed by atoms with Crippen LogP contribution in [0.3, 0.4) is 0 Å². The summed E-state index contributed by atoms with van der Waals surface area (Å²) in [5.41, 5.74) is 0. The van der Waals surface area contributed by atoms with Crippen molar-refractivity contribution in [2.24, 2.45) is 11.8 Å². The van der Waals surface area contributed by atoms with E-state index in [1.807, 2.05) is 0 Å². The lowest BCUT2D eigenvalue weighted by Gasteiger charge is -2.18.